The number of carbonyl (C=O) groups is 1. The fraction of sp³-hybridized carbons (Fsp3) is 0.400. The maximum absolute atomic E-state index is 12.0. The van der Waals surface area contributed by atoms with E-state index in [9.17, 15) is 4.79 Å². The molecule has 1 N–H and O–H groups in total. The van der Waals surface area contributed by atoms with Gasteiger partial charge in [-0.1, -0.05) is 18.2 Å². The molecular formula is C15H19NO3S. The average molecular weight is 293 g/mol. The minimum absolute atomic E-state index is 0.0110. The molecule has 0 bridgehead atoms. The van der Waals surface area contributed by atoms with Crippen molar-refractivity contribution < 1.29 is 14.3 Å². The van der Waals surface area contributed by atoms with Crippen molar-refractivity contribution in [3.63, 3.8) is 0 Å². The second-order valence-electron chi connectivity index (χ2n) is 4.36. The molecule has 108 valence electrons. The van der Waals surface area contributed by atoms with Crippen LogP contribution in [0.15, 0.2) is 30.3 Å². The molecular weight excluding hydrogens is 274 g/mol. The van der Waals surface area contributed by atoms with E-state index in [-0.39, 0.29) is 5.91 Å². The average Bonchev–Trinajstić information content (AvgIpc) is 2.90. The zero-order valence-corrected chi connectivity index (χ0v) is 12.4. The Bertz CT molecular complexity index is 520. The van der Waals surface area contributed by atoms with Gasteiger partial charge >= 0.3 is 0 Å². The van der Waals surface area contributed by atoms with Crippen LogP contribution in [0, 0.1) is 0 Å². The molecule has 0 aliphatic rings. The second-order valence-corrected chi connectivity index (χ2v) is 5.45. The zero-order valence-electron chi connectivity index (χ0n) is 11.6. The van der Waals surface area contributed by atoms with Crippen molar-refractivity contribution in [1.29, 1.82) is 0 Å². The first kappa shape index (κ1) is 15.0. The van der Waals surface area contributed by atoms with Crippen LogP contribution in [0.2, 0.25) is 0 Å². The van der Waals surface area contributed by atoms with Crippen molar-refractivity contribution in [3.05, 3.63) is 35.2 Å². The smallest absolute Gasteiger partial charge is 0.261 e. The normalized spacial score (nSPS) is 10.8. The van der Waals surface area contributed by atoms with E-state index in [0.29, 0.717) is 26.4 Å². The minimum atomic E-state index is -0.0110. The molecule has 0 unspecified atom stereocenters. The van der Waals surface area contributed by atoms with Gasteiger partial charge in [0.2, 0.25) is 0 Å². The molecule has 0 aliphatic carbocycles. The molecule has 20 heavy (non-hydrogen) atoms. The fourth-order valence-corrected chi connectivity index (χ4v) is 2.78. The number of benzene rings is 1. The van der Waals surface area contributed by atoms with E-state index >= 15 is 0 Å². The summed E-state index contributed by atoms with van der Waals surface area (Å²) in [6.45, 7) is 2.46. The third-order valence-electron chi connectivity index (χ3n) is 2.83. The number of thiophene rings is 1. The molecule has 1 heterocycles. The summed E-state index contributed by atoms with van der Waals surface area (Å²) in [7, 11) is 1.65. The Kier molecular flexibility index (Phi) is 5.98. The van der Waals surface area contributed by atoms with E-state index in [1.807, 2.05) is 30.3 Å². The Morgan fingerprint density at radius 1 is 1.25 bits per heavy atom. The van der Waals surface area contributed by atoms with Crippen LogP contribution in [0.1, 0.15) is 16.1 Å². The monoisotopic (exact) mass is 293 g/mol. The summed E-state index contributed by atoms with van der Waals surface area (Å²) in [6.07, 6.45) is 0.806. The molecule has 1 aromatic heterocycles. The number of nitrogens with one attached hydrogen (secondary N) is 1. The van der Waals surface area contributed by atoms with Gasteiger partial charge in [-0.2, -0.15) is 0 Å². The molecule has 0 spiro atoms. The Morgan fingerprint density at radius 3 is 2.90 bits per heavy atom. The van der Waals surface area contributed by atoms with Crippen molar-refractivity contribution >= 4 is 27.3 Å². The lowest BCUT2D eigenvalue weighted by molar-refractivity contribution is 0.0688. The molecule has 2 aromatic rings. The van der Waals surface area contributed by atoms with Gasteiger partial charge in [0.05, 0.1) is 18.1 Å². The van der Waals surface area contributed by atoms with Gasteiger partial charge in [-0.3, -0.25) is 4.79 Å². The first-order valence-corrected chi connectivity index (χ1v) is 7.46. The molecule has 4 nitrogen and oxygen atoms in total. The van der Waals surface area contributed by atoms with E-state index in [4.69, 9.17) is 9.47 Å². The largest absolute Gasteiger partial charge is 0.382 e. The van der Waals surface area contributed by atoms with Crippen LogP contribution in [-0.4, -0.2) is 39.4 Å². The topological polar surface area (TPSA) is 47.6 Å². The number of hydrogen-bond acceptors (Lipinski definition) is 4. The van der Waals surface area contributed by atoms with Crippen LogP contribution in [0.4, 0.5) is 0 Å². The quantitative estimate of drug-likeness (QED) is 0.761. The highest BCUT2D eigenvalue weighted by atomic mass is 32.1. The number of carbonyl (C=O) groups excluding carboxylic acids is 1. The summed E-state index contributed by atoms with van der Waals surface area (Å²) in [4.78, 5) is 12.7. The summed E-state index contributed by atoms with van der Waals surface area (Å²) in [5, 5.41) is 4.03. The third-order valence-corrected chi connectivity index (χ3v) is 3.95. The molecule has 0 saturated heterocycles. The number of rotatable bonds is 8. The molecule has 0 fully saturated rings. The van der Waals surface area contributed by atoms with Crippen LogP contribution in [-0.2, 0) is 9.47 Å². The third kappa shape index (κ3) is 4.30. The van der Waals surface area contributed by atoms with Gasteiger partial charge in [0.25, 0.3) is 5.91 Å². The number of ether oxygens (including phenoxy) is 2. The maximum atomic E-state index is 12.0. The standard InChI is InChI=1S/C15H19NO3S/c1-18-9-10-19-8-4-7-16-15(17)14-11-12-5-2-3-6-13(12)20-14/h2-3,5-6,11H,4,7-10H2,1H3,(H,16,17). The Hall–Kier alpha value is -1.43. The van der Waals surface area contributed by atoms with E-state index in [1.54, 1.807) is 7.11 Å². The highest BCUT2D eigenvalue weighted by Gasteiger charge is 2.08. The van der Waals surface area contributed by atoms with Crippen LogP contribution < -0.4 is 5.32 Å². The number of fused-ring (bicyclic) bond motifs is 1. The van der Waals surface area contributed by atoms with E-state index < -0.39 is 0 Å². The van der Waals surface area contributed by atoms with Crippen molar-refractivity contribution in [3.8, 4) is 0 Å². The summed E-state index contributed by atoms with van der Waals surface area (Å²) < 4.78 is 11.4. The Morgan fingerprint density at radius 2 is 2.10 bits per heavy atom. The van der Waals surface area contributed by atoms with Gasteiger partial charge in [-0.05, 0) is 23.9 Å². The first-order valence-electron chi connectivity index (χ1n) is 6.64. The van der Waals surface area contributed by atoms with Crippen LogP contribution >= 0.6 is 11.3 Å². The Balaban J connectivity index is 1.72. The minimum Gasteiger partial charge on any atom is -0.382 e. The molecule has 0 atom stereocenters. The highest BCUT2D eigenvalue weighted by Crippen LogP contribution is 2.24. The lowest BCUT2D eigenvalue weighted by Crippen LogP contribution is -2.24. The van der Waals surface area contributed by atoms with Crippen molar-refractivity contribution in [2.45, 2.75) is 6.42 Å². The van der Waals surface area contributed by atoms with Gasteiger partial charge in [0.15, 0.2) is 0 Å². The molecule has 0 aliphatic heterocycles. The van der Waals surface area contributed by atoms with E-state index in [0.717, 1.165) is 21.4 Å². The molecule has 1 amide bonds. The second kappa shape index (κ2) is 7.99. The number of hydrogen-bond donors (Lipinski definition) is 1. The van der Waals surface area contributed by atoms with Gasteiger partial charge < -0.3 is 14.8 Å². The summed E-state index contributed by atoms with van der Waals surface area (Å²) >= 11 is 1.52. The molecule has 5 heteroatoms. The van der Waals surface area contributed by atoms with E-state index in [2.05, 4.69) is 5.32 Å². The lowest BCUT2D eigenvalue weighted by Gasteiger charge is -2.04. The van der Waals surface area contributed by atoms with Crippen molar-refractivity contribution in [2.24, 2.45) is 0 Å². The molecule has 1 aromatic carbocycles. The molecule has 0 saturated carbocycles. The summed E-state index contributed by atoms with van der Waals surface area (Å²) in [5.74, 6) is -0.0110. The van der Waals surface area contributed by atoms with Gasteiger partial charge in [-0.15, -0.1) is 11.3 Å². The maximum Gasteiger partial charge on any atom is 0.261 e. The first-order chi connectivity index (χ1) is 9.81. The van der Waals surface area contributed by atoms with Gasteiger partial charge in [0, 0.05) is 25.0 Å². The highest BCUT2D eigenvalue weighted by molar-refractivity contribution is 7.20. The predicted octanol–water partition coefficient (Wildman–Crippen LogP) is 2.68. The molecule has 2 rings (SSSR count). The van der Waals surface area contributed by atoms with Crippen LogP contribution in [0.5, 0.6) is 0 Å². The van der Waals surface area contributed by atoms with E-state index in [1.165, 1.54) is 11.3 Å². The van der Waals surface area contributed by atoms with Crippen LogP contribution in [0.25, 0.3) is 10.1 Å². The SMILES string of the molecule is COCCOCCCNC(=O)c1cc2ccccc2s1. The number of methoxy groups -OCH3 is 1. The van der Waals surface area contributed by atoms with Crippen molar-refractivity contribution in [1.82, 2.24) is 5.32 Å². The van der Waals surface area contributed by atoms with Gasteiger partial charge in [-0.25, -0.2) is 0 Å². The summed E-state index contributed by atoms with van der Waals surface area (Å²) in [5.41, 5.74) is 0. The number of amides is 1. The predicted molar refractivity (Wildman–Crippen MR) is 81.5 cm³/mol. The van der Waals surface area contributed by atoms with Gasteiger partial charge in [0.1, 0.15) is 0 Å². The Labute approximate surface area is 122 Å². The molecule has 0 radical (unpaired) electrons. The van der Waals surface area contributed by atoms with Crippen LogP contribution in [0.3, 0.4) is 0 Å². The zero-order chi connectivity index (χ0) is 14.2. The fourth-order valence-electron chi connectivity index (χ4n) is 1.80. The lowest BCUT2D eigenvalue weighted by atomic mass is 10.2. The van der Waals surface area contributed by atoms with Crippen molar-refractivity contribution in [2.75, 3.05) is 33.5 Å². The summed E-state index contributed by atoms with van der Waals surface area (Å²) in [6, 6.07) is 9.95.